The van der Waals surface area contributed by atoms with E-state index in [9.17, 15) is 19.8 Å². The minimum atomic E-state index is -0.416. The lowest BCUT2D eigenvalue weighted by atomic mass is 10.0. The molecule has 3 aromatic carbocycles. The number of aromatic hydroxyl groups is 2. The third-order valence-electron chi connectivity index (χ3n) is 7.63. The minimum absolute atomic E-state index is 0.0695. The highest BCUT2D eigenvalue weighted by Gasteiger charge is 2.15. The van der Waals surface area contributed by atoms with Gasteiger partial charge in [-0.15, -0.1) is 0 Å². The SMILES string of the molecule is CCCCCCCCc1ccc(O)c(C(=O)Nc2cccc(NC(=O)c3cc(CCCCCCCC)ccc3O)c2)c1. The number of phenolic OH excluding ortho intramolecular Hbond substituents is 2. The van der Waals surface area contributed by atoms with Crippen LogP contribution in [-0.4, -0.2) is 22.0 Å². The van der Waals surface area contributed by atoms with Crippen molar-refractivity contribution >= 4 is 23.2 Å². The largest absolute Gasteiger partial charge is 0.507 e. The van der Waals surface area contributed by atoms with Crippen LogP contribution in [0.3, 0.4) is 0 Å². The summed E-state index contributed by atoms with van der Waals surface area (Å²) in [7, 11) is 0. The van der Waals surface area contributed by atoms with Crippen molar-refractivity contribution in [1.29, 1.82) is 0 Å². The molecule has 226 valence electrons. The third kappa shape index (κ3) is 10.9. The molecule has 6 nitrogen and oxygen atoms in total. The van der Waals surface area contributed by atoms with Gasteiger partial charge < -0.3 is 20.8 Å². The van der Waals surface area contributed by atoms with Crippen LogP contribution in [0.5, 0.6) is 11.5 Å². The zero-order valence-electron chi connectivity index (χ0n) is 25.4. The van der Waals surface area contributed by atoms with E-state index in [1.165, 1.54) is 51.4 Å². The second-order valence-corrected chi connectivity index (χ2v) is 11.2. The van der Waals surface area contributed by atoms with E-state index in [0.717, 1.165) is 49.7 Å². The maximum atomic E-state index is 13.0. The predicted octanol–water partition coefficient (Wildman–Crippen LogP) is 9.41. The van der Waals surface area contributed by atoms with Crippen LogP contribution in [0.1, 0.15) is 123 Å². The van der Waals surface area contributed by atoms with Crippen molar-refractivity contribution in [2.45, 2.75) is 104 Å². The van der Waals surface area contributed by atoms with Gasteiger partial charge in [0, 0.05) is 11.4 Å². The van der Waals surface area contributed by atoms with Gasteiger partial charge in [0.05, 0.1) is 11.1 Å². The number of aryl methyl sites for hydroxylation is 2. The summed E-state index contributed by atoms with van der Waals surface area (Å²) >= 11 is 0. The first-order valence-electron chi connectivity index (χ1n) is 15.8. The molecule has 4 N–H and O–H groups in total. The second-order valence-electron chi connectivity index (χ2n) is 11.2. The topological polar surface area (TPSA) is 98.7 Å². The normalized spacial score (nSPS) is 10.9. The lowest BCUT2D eigenvalue weighted by Gasteiger charge is -2.12. The van der Waals surface area contributed by atoms with Crippen LogP contribution in [0, 0.1) is 0 Å². The smallest absolute Gasteiger partial charge is 0.259 e. The number of unbranched alkanes of at least 4 members (excludes halogenated alkanes) is 10. The minimum Gasteiger partial charge on any atom is -0.507 e. The first-order chi connectivity index (χ1) is 20.4. The molecule has 3 aromatic rings. The Morgan fingerprint density at radius 1 is 0.548 bits per heavy atom. The number of hydrogen-bond acceptors (Lipinski definition) is 4. The van der Waals surface area contributed by atoms with Crippen LogP contribution in [0.4, 0.5) is 11.4 Å². The summed E-state index contributed by atoms with van der Waals surface area (Å²) in [5, 5.41) is 26.4. The standard InChI is InChI=1S/C36H48N2O4/c1-3-5-7-9-11-13-16-27-20-22-33(39)31(24-27)35(41)37-29-18-15-19-30(26-29)38-36(42)32-25-28(21-23-34(32)40)17-14-12-10-8-6-4-2/h15,18-26,39-40H,3-14,16-17H2,1-2H3,(H,37,41)(H,38,42). The number of nitrogens with one attached hydrogen (secondary N) is 2. The molecule has 0 bridgehead atoms. The quantitative estimate of drug-likeness (QED) is 0.114. The molecule has 2 amide bonds. The Balaban J connectivity index is 1.58. The van der Waals surface area contributed by atoms with Gasteiger partial charge in [0.2, 0.25) is 0 Å². The Labute approximate surface area is 251 Å². The molecule has 0 spiro atoms. The summed E-state index contributed by atoms with van der Waals surface area (Å²) in [5.74, 6) is -0.971. The lowest BCUT2D eigenvalue weighted by molar-refractivity contribution is 0.101. The molecular weight excluding hydrogens is 524 g/mol. The summed E-state index contributed by atoms with van der Waals surface area (Å²) in [6.45, 7) is 4.41. The first-order valence-corrected chi connectivity index (χ1v) is 15.8. The van der Waals surface area contributed by atoms with E-state index in [4.69, 9.17) is 0 Å². The number of benzene rings is 3. The van der Waals surface area contributed by atoms with Crippen molar-refractivity contribution in [2.75, 3.05) is 10.6 Å². The molecule has 3 rings (SSSR count). The van der Waals surface area contributed by atoms with Gasteiger partial charge >= 0.3 is 0 Å². The van der Waals surface area contributed by atoms with Crippen molar-refractivity contribution < 1.29 is 19.8 Å². The van der Waals surface area contributed by atoms with Crippen LogP contribution >= 0.6 is 0 Å². The van der Waals surface area contributed by atoms with Crippen molar-refractivity contribution in [1.82, 2.24) is 0 Å². The van der Waals surface area contributed by atoms with Crippen molar-refractivity contribution in [3.63, 3.8) is 0 Å². The van der Waals surface area contributed by atoms with E-state index in [1.54, 1.807) is 48.5 Å². The molecule has 0 atom stereocenters. The van der Waals surface area contributed by atoms with Crippen LogP contribution in [0.2, 0.25) is 0 Å². The maximum Gasteiger partial charge on any atom is 0.259 e. The van der Waals surface area contributed by atoms with E-state index >= 15 is 0 Å². The lowest BCUT2D eigenvalue weighted by Crippen LogP contribution is -2.14. The molecule has 0 aliphatic carbocycles. The summed E-state index contributed by atoms with van der Waals surface area (Å²) in [4.78, 5) is 26.1. The molecule has 0 aliphatic heterocycles. The molecule has 0 unspecified atom stereocenters. The Bertz CT molecular complexity index is 1190. The Morgan fingerprint density at radius 3 is 1.38 bits per heavy atom. The number of carbonyl (C=O) groups is 2. The summed E-state index contributed by atoms with van der Waals surface area (Å²) in [6, 6.07) is 17.2. The van der Waals surface area contributed by atoms with Crippen molar-refractivity contribution in [3.8, 4) is 11.5 Å². The van der Waals surface area contributed by atoms with Gasteiger partial charge in [-0.2, -0.15) is 0 Å². The zero-order chi connectivity index (χ0) is 30.2. The fraction of sp³-hybridized carbons (Fsp3) is 0.444. The fourth-order valence-corrected chi connectivity index (χ4v) is 5.13. The van der Waals surface area contributed by atoms with Crippen LogP contribution in [0.15, 0.2) is 60.7 Å². The van der Waals surface area contributed by atoms with Gasteiger partial charge in [0.1, 0.15) is 11.5 Å². The van der Waals surface area contributed by atoms with Crippen LogP contribution in [0.25, 0.3) is 0 Å². The highest BCUT2D eigenvalue weighted by atomic mass is 16.3. The highest BCUT2D eigenvalue weighted by molar-refractivity contribution is 6.08. The number of rotatable bonds is 18. The summed E-state index contributed by atoms with van der Waals surface area (Å²) < 4.78 is 0. The first kappa shape index (κ1) is 32.7. The zero-order valence-corrected chi connectivity index (χ0v) is 25.4. The maximum absolute atomic E-state index is 13.0. The Morgan fingerprint density at radius 2 is 0.952 bits per heavy atom. The molecular formula is C36H48N2O4. The molecule has 42 heavy (non-hydrogen) atoms. The summed E-state index contributed by atoms with van der Waals surface area (Å²) in [6.07, 6.45) is 16.1. The van der Waals surface area contributed by atoms with Crippen LogP contribution < -0.4 is 10.6 Å². The second kappa shape index (κ2) is 17.9. The highest BCUT2D eigenvalue weighted by Crippen LogP contribution is 2.25. The average molecular weight is 573 g/mol. The number of phenols is 2. The van der Waals surface area contributed by atoms with E-state index in [-0.39, 0.29) is 22.6 Å². The fourth-order valence-electron chi connectivity index (χ4n) is 5.13. The number of amides is 2. The van der Waals surface area contributed by atoms with Gasteiger partial charge in [-0.1, -0.05) is 96.3 Å². The van der Waals surface area contributed by atoms with Crippen molar-refractivity contribution in [3.05, 3.63) is 82.9 Å². The molecule has 0 saturated carbocycles. The Hall–Kier alpha value is -3.80. The molecule has 0 radical (unpaired) electrons. The van der Waals surface area contributed by atoms with Gasteiger partial charge in [-0.25, -0.2) is 0 Å². The van der Waals surface area contributed by atoms with Crippen LogP contribution in [-0.2, 0) is 12.8 Å². The molecule has 6 heteroatoms. The number of anilines is 2. The van der Waals surface area contributed by atoms with E-state index in [2.05, 4.69) is 24.5 Å². The molecule has 0 aliphatic rings. The van der Waals surface area contributed by atoms with Gasteiger partial charge in [-0.3, -0.25) is 9.59 Å². The van der Waals surface area contributed by atoms with Crippen molar-refractivity contribution in [2.24, 2.45) is 0 Å². The monoisotopic (exact) mass is 572 g/mol. The van der Waals surface area contributed by atoms with Gasteiger partial charge in [0.25, 0.3) is 11.8 Å². The predicted molar refractivity (Wildman–Crippen MR) is 173 cm³/mol. The summed E-state index contributed by atoms with van der Waals surface area (Å²) in [5.41, 5.74) is 3.46. The van der Waals surface area contributed by atoms with Gasteiger partial charge in [-0.05, 0) is 79.3 Å². The van der Waals surface area contributed by atoms with E-state index in [0.29, 0.717) is 11.4 Å². The molecule has 0 heterocycles. The average Bonchev–Trinajstić information content (AvgIpc) is 2.98. The van der Waals surface area contributed by atoms with Gasteiger partial charge in [0.15, 0.2) is 0 Å². The van der Waals surface area contributed by atoms with E-state index < -0.39 is 11.8 Å². The molecule has 0 fully saturated rings. The third-order valence-corrected chi connectivity index (χ3v) is 7.63. The number of hydrogen-bond donors (Lipinski definition) is 4. The molecule has 0 saturated heterocycles. The number of carbonyl (C=O) groups excluding carboxylic acids is 2. The molecule has 0 aromatic heterocycles. The Kier molecular flexibility index (Phi) is 13.9. The van der Waals surface area contributed by atoms with E-state index in [1.807, 2.05) is 12.1 Å².